The Morgan fingerprint density at radius 3 is 2.08 bits per heavy atom. The van der Waals surface area contributed by atoms with Gasteiger partial charge in [0, 0.05) is 11.8 Å². The molecule has 0 radical (unpaired) electrons. The number of carbonyl (C=O) groups is 2. The lowest BCUT2D eigenvalue weighted by atomic mass is 9.73. The summed E-state index contributed by atoms with van der Waals surface area (Å²) in [6.07, 6.45) is -0.0741. The first kappa shape index (κ1) is 10.2. The van der Waals surface area contributed by atoms with Gasteiger partial charge in [-0.2, -0.15) is 0 Å². The first-order valence-electron chi connectivity index (χ1n) is 4.19. The van der Waals surface area contributed by atoms with Gasteiger partial charge in [0.25, 0.3) is 0 Å². The van der Waals surface area contributed by atoms with Crippen molar-refractivity contribution in [2.45, 2.75) is 32.8 Å². The van der Waals surface area contributed by atoms with Crippen LogP contribution in [-0.2, 0) is 9.59 Å². The van der Waals surface area contributed by atoms with Gasteiger partial charge in [0.05, 0.1) is 5.92 Å². The van der Waals surface area contributed by atoms with Gasteiger partial charge in [-0.15, -0.1) is 0 Å². The van der Waals surface area contributed by atoms with E-state index in [0.717, 1.165) is 0 Å². The number of rotatable bonds is 1. The highest BCUT2D eigenvalue weighted by molar-refractivity contribution is 5.95. The van der Waals surface area contributed by atoms with Gasteiger partial charge in [-0.1, -0.05) is 13.8 Å². The van der Waals surface area contributed by atoms with E-state index in [1.165, 1.54) is 6.92 Å². The summed E-state index contributed by atoms with van der Waals surface area (Å²) in [5.41, 5.74) is -2.41. The third-order valence-corrected chi connectivity index (χ3v) is 3.36. The van der Waals surface area contributed by atoms with E-state index in [9.17, 15) is 14.7 Å². The standard InChI is InChI=1S/C9H14O4/c1-8(2)5(7(11)12)4-6(10)9(8,3)13/h5,13H,4H2,1-3H3,(H,11,12). The quantitative estimate of drug-likeness (QED) is 0.623. The van der Waals surface area contributed by atoms with E-state index < -0.39 is 22.9 Å². The average Bonchev–Trinajstić information content (AvgIpc) is 2.10. The summed E-state index contributed by atoms with van der Waals surface area (Å²) in [7, 11) is 0. The van der Waals surface area contributed by atoms with E-state index in [-0.39, 0.29) is 12.2 Å². The molecule has 4 heteroatoms. The lowest BCUT2D eigenvalue weighted by Crippen LogP contribution is -2.45. The highest BCUT2D eigenvalue weighted by Crippen LogP contribution is 2.47. The van der Waals surface area contributed by atoms with Gasteiger partial charge in [0.1, 0.15) is 5.60 Å². The molecule has 1 rings (SSSR count). The zero-order valence-electron chi connectivity index (χ0n) is 8.00. The number of ketones is 1. The Morgan fingerprint density at radius 1 is 1.46 bits per heavy atom. The molecule has 2 unspecified atom stereocenters. The Balaban J connectivity index is 3.11. The first-order chi connectivity index (χ1) is 5.71. The molecule has 0 spiro atoms. The minimum Gasteiger partial charge on any atom is -0.481 e. The van der Waals surface area contributed by atoms with E-state index in [0.29, 0.717) is 0 Å². The molecule has 0 bridgehead atoms. The number of carboxylic acids is 1. The zero-order valence-corrected chi connectivity index (χ0v) is 8.00. The highest BCUT2D eigenvalue weighted by atomic mass is 16.4. The topological polar surface area (TPSA) is 74.6 Å². The van der Waals surface area contributed by atoms with Gasteiger partial charge in [-0.3, -0.25) is 9.59 Å². The molecule has 0 aromatic carbocycles. The highest BCUT2D eigenvalue weighted by Gasteiger charge is 2.59. The number of carbonyl (C=O) groups excluding carboxylic acids is 1. The van der Waals surface area contributed by atoms with Crippen LogP contribution in [0.4, 0.5) is 0 Å². The van der Waals surface area contributed by atoms with Crippen molar-refractivity contribution >= 4 is 11.8 Å². The molecule has 1 saturated carbocycles. The Labute approximate surface area is 76.6 Å². The Hall–Kier alpha value is -0.900. The molecular weight excluding hydrogens is 172 g/mol. The summed E-state index contributed by atoms with van der Waals surface area (Å²) < 4.78 is 0. The lowest BCUT2D eigenvalue weighted by molar-refractivity contribution is -0.150. The van der Waals surface area contributed by atoms with Crippen molar-refractivity contribution in [1.82, 2.24) is 0 Å². The van der Waals surface area contributed by atoms with Crippen molar-refractivity contribution in [3.63, 3.8) is 0 Å². The first-order valence-corrected chi connectivity index (χ1v) is 4.19. The third kappa shape index (κ3) is 1.16. The zero-order chi connectivity index (χ0) is 10.4. The monoisotopic (exact) mass is 186 g/mol. The molecule has 0 heterocycles. The Kier molecular flexibility index (Phi) is 1.99. The number of Topliss-reactive ketones (excluding diaryl/α,β-unsaturated/α-hetero) is 1. The largest absolute Gasteiger partial charge is 0.481 e. The summed E-state index contributed by atoms with van der Waals surface area (Å²) in [5.74, 6) is -2.18. The van der Waals surface area contributed by atoms with Crippen LogP contribution in [0.5, 0.6) is 0 Å². The van der Waals surface area contributed by atoms with Gasteiger partial charge in [-0.25, -0.2) is 0 Å². The van der Waals surface area contributed by atoms with Gasteiger partial charge in [0.2, 0.25) is 0 Å². The van der Waals surface area contributed by atoms with E-state index in [1.54, 1.807) is 13.8 Å². The second kappa shape index (κ2) is 2.54. The number of aliphatic carboxylic acids is 1. The van der Waals surface area contributed by atoms with Gasteiger partial charge in [0.15, 0.2) is 5.78 Å². The van der Waals surface area contributed by atoms with Crippen LogP contribution in [0.3, 0.4) is 0 Å². The SMILES string of the molecule is CC1(O)C(=O)CC(C(=O)O)C1(C)C. The second-order valence-corrected chi connectivity index (χ2v) is 4.31. The summed E-state index contributed by atoms with van der Waals surface area (Å²) in [6.45, 7) is 4.60. The van der Waals surface area contributed by atoms with E-state index in [2.05, 4.69) is 0 Å². The van der Waals surface area contributed by atoms with Crippen molar-refractivity contribution in [3.05, 3.63) is 0 Å². The molecule has 74 valence electrons. The van der Waals surface area contributed by atoms with E-state index >= 15 is 0 Å². The van der Waals surface area contributed by atoms with Crippen LogP contribution < -0.4 is 0 Å². The van der Waals surface area contributed by atoms with Crippen LogP contribution in [-0.4, -0.2) is 27.6 Å². The molecule has 2 N–H and O–H groups in total. The van der Waals surface area contributed by atoms with E-state index in [4.69, 9.17) is 5.11 Å². The second-order valence-electron chi connectivity index (χ2n) is 4.31. The summed E-state index contributed by atoms with van der Waals surface area (Å²) in [4.78, 5) is 22.1. The minimum absolute atomic E-state index is 0.0741. The lowest BCUT2D eigenvalue weighted by Gasteiger charge is -2.34. The number of carboxylic acid groups (broad SMARTS) is 1. The predicted octanol–water partition coefficient (Wildman–Crippen LogP) is 0.437. The minimum atomic E-state index is -1.52. The number of hydrogen-bond acceptors (Lipinski definition) is 3. The van der Waals surface area contributed by atoms with Crippen LogP contribution in [0.25, 0.3) is 0 Å². The molecule has 1 fully saturated rings. The summed E-state index contributed by atoms with van der Waals surface area (Å²) >= 11 is 0. The molecule has 0 aromatic rings. The molecular formula is C9H14O4. The van der Waals surface area contributed by atoms with Crippen molar-refractivity contribution in [3.8, 4) is 0 Å². The maximum atomic E-state index is 11.3. The van der Waals surface area contributed by atoms with Gasteiger partial charge >= 0.3 is 5.97 Å². The predicted molar refractivity (Wildman–Crippen MR) is 45.2 cm³/mol. The number of hydrogen-bond donors (Lipinski definition) is 2. The van der Waals surface area contributed by atoms with Crippen molar-refractivity contribution < 1.29 is 19.8 Å². The smallest absolute Gasteiger partial charge is 0.307 e. The normalized spacial score (nSPS) is 37.8. The summed E-state index contributed by atoms with van der Waals surface area (Å²) in [6, 6.07) is 0. The third-order valence-electron chi connectivity index (χ3n) is 3.36. The van der Waals surface area contributed by atoms with Crippen LogP contribution in [0, 0.1) is 11.3 Å². The Morgan fingerprint density at radius 2 is 1.92 bits per heavy atom. The molecule has 0 aromatic heterocycles. The van der Waals surface area contributed by atoms with Crippen LogP contribution in [0.15, 0.2) is 0 Å². The molecule has 0 amide bonds. The van der Waals surface area contributed by atoms with Gasteiger partial charge < -0.3 is 10.2 Å². The maximum absolute atomic E-state index is 11.3. The molecule has 2 atom stereocenters. The summed E-state index contributed by atoms with van der Waals surface area (Å²) in [5, 5.41) is 18.6. The fraction of sp³-hybridized carbons (Fsp3) is 0.778. The molecule has 1 aliphatic rings. The van der Waals surface area contributed by atoms with Gasteiger partial charge in [-0.05, 0) is 6.92 Å². The fourth-order valence-electron chi connectivity index (χ4n) is 1.73. The van der Waals surface area contributed by atoms with Crippen LogP contribution in [0.2, 0.25) is 0 Å². The fourth-order valence-corrected chi connectivity index (χ4v) is 1.73. The maximum Gasteiger partial charge on any atom is 0.307 e. The van der Waals surface area contributed by atoms with Crippen molar-refractivity contribution in [2.24, 2.45) is 11.3 Å². The van der Waals surface area contributed by atoms with Crippen molar-refractivity contribution in [2.75, 3.05) is 0 Å². The molecule has 0 aliphatic heterocycles. The average molecular weight is 186 g/mol. The molecule has 0 saturated heterocycles. The molecule has 4 nitrogen and oxygen atoms in total. The molecule has 13 heavy (non-hydrogen) atoms. The van der Waals surface area contributed by atoms with Crippen molar-refractivity contribution in [1.29, 1.82) is 0 Å². The van der Waals surface area contributed by atoms with Crippen LogP contribution >= 0.6 is 0 Å². The Bertz CT molecular complexity index is 265. The molecule has 1 aliphatic carbocycles. The van der Waals surface area contributed by atoms with E-state index in [1.807, 2.05) is 0 Å². The number of aliphatic hydroxyl groups is 1. The van der Waals surface area contributed by atoms with Crippen LogP contribution in [0.1, 0.15) is 27.2 Å².